The van der Waals surface area contributed by atoms with E-state index in [-0.39, 0.29) is 6.10 Å². The summed E-state index contributed by atoms with van der Waals surface area (Å²) in [4.78, 5) is 0. The van der Waals surface area contributed by atoms with E-state index in [1.165, 1.54) is 5.56 Å². The SMILES string of the molecule is BrCCOC1C=[C]c2ccccc21. The van der Waals surface area contributed by atoms with Crippen molar-refractivity contribution in [2.75, 3.05) is 11.9 Å². The van der Waals surface area contributed by atoms with Gasteiger partial charge in [-0.15, -0.1) is 0 Å². The number of fused-ring (bicyclic) bond motifs is 1. The Morgan fingerprint density at radius 2 is 2.23 bits per heavy atom. The van der Waals surface area contributed by atoms with E-state index in [1.54, 1.807) is 0 Å². The summed E-state index contributed by atoms with van der Waals surface area (Å²) < 4.78 is 5.61. The fourth-order valence-electron chi connectivity index (χ4n) is 1.44. The summed E-state index contributed by atoms with van der Waals surface area (Å²) in [5.41, 5.74) is 2.38. The lowest BCUT2D eigenvalue weighted by atomic mass is 10.1. The van der Waals surface area contributed by atoms with Crippen LogP contribution in [0.1, 0.15) is 17.2 Å². The fraction of sp³-hybridized carbons (Fsp3) is 0.273. The lowest BCUT2D eigenvalue weighted by Gasteiger charge is -2.10. The van der Waals surface area contributed by atoms with Crippen LogP contribution < -0.4 is 0 Å². The Hall–Kier alpha value is -0.600. The van der Waals surface area contributed by atoms with Crippen LogP contribution in [0.2, 0.25) is 0 Å². The number of benzene rings is 1. The van der Waals surface area contributed by atoms with E-state index in [1.807, 2.05) is 18.2 Å². The molecule has 67 valence electrons. The highest BCUT2D eigenvalue weighted by Crippen LogP contribution is 2.28. The Morgan fingerprint density at radius 3 is 3.08 bits per heavy atom. The normalized spacial score (nSPS) is 19.0. The van der Waals surface area contributed by atoms with Gasteiger partial charge >= 0.3 is 0 Å². The highest BCUT2D eigenvalue weighted by Gasteiger charge is 2.16. The van der Waals surface area contributed by atoms with Crippen molar-refractivity contribution in [1.29, 1.82) is 0 Å². The van der Waals surface area contributed by atoms with Gasteiger partial charge < -0.3 is 4.74 Å². The van der Waals surface area contributed by atoms with E-state index in [4.69, 9.17) is 4.74 Å². The van der Waals surface area contributed by atoms with Crippen LogP contribution in [0.15, 0.2) is 30.3 Å². The maximum absolute atomic E-state index is 5.61. The Bertz CT molecular complexity index is 320. The van der Waals surface area contributed by atoms with Crippen molar-refractivity contribution in [1.82, 2.24) is 0 Å². The zero-order chi connectivity index (χ0) is 9.10. The quantitative estimate of drug-likeness (QED) is 0.735. The molecule has 2 heteroatoms. The van der Waals surface area contributed by atoms with Gasteiger partial charge in [-0.1, -0.05) is 40.2 Å². The minimum absolute atomic E-state index is 0.105. The number of rotatable bonds is 3. The van der Waals surface area contributed by atoms with E-state index in [9.17, 15) is 0 Å². The average molecular weight is 238 g/mol. The van der Waals surface area contributed by atoms with Gasteiger partial charge in [0.05, 0.1) is 6.61 Å². The number of alkyl halides is 1. The van der Waals surface area contributed by atoms with E-state index in [0.717, 1.165) is 17.5 Å². The largest absolute Gasteiger partial charge is 0.368 e. The summed E-state index contributed by atoms with van der Waals surface area (Å²) in [6.07, 6.45) is 5.28. The molecule has 0 aromatic heterocycles. The minimum Gasteiger partial charge on any atom is -0.368 e. The molecule has 0 spiro atoms. The highest BCUT2D eigenvalue weighted by atomic mass is 79.9. The molecule has 1 aromatic carbocycles. The van der Waals surface area contributed by atoms with Gasteiger partial charge in [-0.3, -0.25) is 0 Å². The van der Waals surface area contributed by atoms with Crippen LogP contribution in [0, 0.1) is 6.08 Å². The molecule has 0 fully saturated rings. The molecular formula is C11H10BrO. The molecule has 0 aliphatic heterocycles. The summed E-state index contributed by atoms with van der Waals surface area (Å²) in [5.74, 6) is 0. The first-order chi connectivity index (χ1) is 6.42. The van der Waals surface area contributed by atoms with Crippen LogP contribution in [0.25, 0.3) is 0 Å². The van der Waals surface area contributed by atoms with Crippen LogP contribution in [0.5, 0.6) is 0 Å². The van der Waals surface area contributed by atoms with Gasteiger partial charge in [0, 0.05) is 5.33 Å². The van der Waals surface area contributed by atoms with Crippen LogP contribution in [0.4, 0.5) is 0 Å². The molecule has 1 radical (unpaired) electrons. The molecule has 0 amide bonds. The molecule has 0 saturated carbocycles. The zero-order valence-electron chi connectivity index (χ0n) is 7.16. The third kappa shape index (κ3) is 1.84. The molecule has 0 bridgehead atoms. The van der Waals surface area contributed by atoms with Gasteiger partial charge in [-0.05, 0) is 23.3 Å². The summed E-state index contributed by atoms with van der Waals surface area (Å²) >= 11 is 3.34. The highest BCUT2D eigenvalue weighted by molar-refractivity contribution is 9.09. The molecule has 1 aliphatic carbocycles. The van der Waals surface area contributed by atoms with E-state index in [2.05, 4.69) is 34.1 Å². The average Bonchev–Trinajstić information content (AvgIpc) is 2.58. The Balaban J connectivity index is 2.14. The van der Waals surface area contributed by atoms with E-state index < -0.39 is 0 Å². The zero-order valence-corrected chi connectivity index (χ0v) is 8.75. The van der Waals surface area contributed by atoms with Crippen molar-refractivity contribution in [3.63, 3.8) is 0 Å². The van der Waals surface area contributed by atoms with Crippen molar-refractivity contribution in [2.24, 2.45) is 0 Å². The van der Waals surface area contributed by atoms with Gasteiger partial charge in [0.2, 0.25) is 0 Å². The van der Waals surface area contributed by atoms with Gasteiger partial charge in [0.15, 0.2) is 0 Å². The first-order valence-corrected chi connectivity index (χ1v) is 5.40. The first kappa shape index (κ1) is 8.97. The number of hydrogen-bond donors (Lipinski definition) is 0. The summed E-state index contributed by atoms with van der Waals surface area (Å²) in [7, 11) is 0. The summed E-state index contributed by atoms with van der Waals surface area (Å²) in [6.45, 7) is 0.733. The topological polar surface area (TPSA) is 9.23 Å². The maximum Gasteiger partial charge on any atom is 0.102 e. The standard InChI is InChI=1S/C11H10BrO/c12-7-8-13-11-6-5-9-3-1-2-4-10(9)11/h1-4,6,11H,7-8H2. The number of hydrogen-bond acceptors (Lipinski definition) is 1. The Kier molecular flexibility index (Phi) is 2.81. The second-order valence-corrected chi connectivity index (χ2v) is 3.67. The van der Waals surface area contributed by atoms with Gasteiger partial charge in [-0.2, -0.15) is 0 Å². The Labute approximate surface area is 86.5 Å². The molecule has 0 heterocycles. The van der Waals surface area contributed by atoms with Gasteiger partial charge in [-0.25, -0.2) is 0 Å². The van der Waals surface area contributed by atoms with Crippen molar-refractivity contribution in [2.45, 2.75) is 6.10 Å². The number of ether oxygens (including phenoxy) is 1. The molecule has 1 aliphatic rings. The lowest BCUT2D eigenvalue weighted by Crippen LogP contribution is -2.01. The van der Waals surface area contributed by atoms with Gasteiger partial charge in [0.1, 0.15) is 6.10 Å². The second-order valence-electron chi connectivity index (χ2n) is 2.88. The van der Waals surface area contributed by atoms with Crippen molar-refractivity contribution in [3.05, 3.63) is 47.5 Å². The van der Waals surface area contributed by atoms with Crippen LogP contribution in [-0.4, -0.2) is 11.9 Å². The molecule has 0 N–H and O–H groups in total. The summed E-state index contributed by atoms with van der Waals surface area (Å²) in [6, 6.07) is 8.20. The van der Waals surface area contributed by atoms with Crippen LogP contribution in [-0.2, 0) is 4.74 Å². The molecular weight excluding hydrogens is 228 g/mol. The smallest absolute Gasteiger partial charge is 0.102 e. The van der Waals surface area contributed by atoms with E-state index in [0.29, 0.717) is 0 Å². The molecule has 1 unspecified atom stereocenters. The van der Waals surface area contributed by atoms with Gasteiger partial charge in [0.25, 0.3) is 0 Å². The maximum atomic E-state index is 5.61. The minimum atomic E-state index is 0.105. The molecule has 1 aromatic rings. The van der Waals surface area contributed by atoms with Crippen LogP contribution >= 0.6 is 15.9 Å². The lowest BCUT2D eigenvalue weighted by molar-refractivity contribution is 0.101. The van der Waals surface area contributed by atoms with Crippen molar-refractivity contribution in [3.8, 4) is 0 Å². The number of halogens is 1. The third-order valence-corrected chi connectivity index (χ3v) is 2.36. The molecule has 13 heavy (non-hydrogen) atoms. The van der Waals surface area contributed by atoms with Crippen molar-refractivity contribution >= 4 is 15.9 Å². The van der Waals surface area contributed by atoms with E-state index >= 15 is 0 Å². The fourth-order valence-corrected chi connectivity index (χ4v) is 1.63. The molecule has 1 atom stereocenters. The second kappa shape index (κ2) is 4.07. The van der Waals surface area contributed by atoms with Crippen LogP contribution in [0.3, 0.4) is 0 Å². The van der Waals surface area contributed by atoms with Crippen molar-refractivity contribution < 1.29 is 4.74 Å². The predicted octanol–water partition coefficient (Wildman–Crippen LogP) is 2.86. The first-order valence-electron chi connectivity index (χ1n) is 4.28. The third-order valence-electron chi connectivity index (χ3n) is 2.03. The molecule has 2 rings (SSSR count). The Morgan fingerprint density at radius 1 is 1.38 bits per heavy atom. The molecule has 0 saturated heterocycles. The summed E-state index contributed by atoms with van der Waals surface area (Å²) in [5, 5.41) is 0.875. The predicted molar refractivity (Wildman–Crippen MR) is 55.8 cm³/mol. The molecule has 1 nitrogen and oxygen atoms in total. The monoisotopic (exact) mass is 237 g/mol.